The fourth-order valence-corrected chi connectivity index (χ4v) is 2.71. The summed E-state index contributed by atoms with van der Waals surface area (Å²) in [6.45, 7) is 4.01. The van der Waals surface area contributed by atoms with Crippen LogP contribution in [0.2, 0.25) is 0 Å². The summed E-state index contributed by atoms with van der Waals surface area (Å²) < 4.78 is 5.84. The Morgan fingerprint density at radius 3 is 2.60 bits per heavy atom. The van der Waals surface area contributed by atoms with Crippen molar-refractivity contribution in [2.75, 3.05) is 0 Å². The van der Waals surface area contributed by atoms with Crippen molar-refractivity contribution in [3.05, 3.63) is 58.7 Å². The first-order chi connectivity index (χ1) is 9.58. The van der Waals surface area contributed by atoms with Gasteiger partial charge in [-0.05, 0) is 29.2 Å². The highest BCUT2D eigenvalue weighted by atomic mass is 16.5. The van der Waals surface area contributed by atoms with E-state index in [9.17, 15) is 9.90 Å². The summed E-state index contributed by atoms with van der Waals surface area (Å²) in [5.41, 5.74) is 3.07. The molecule has 0 fully saturated rings. The van der Waals surface area contributed by atoms with Crippen LogP contribution in [0.5, 0.6) is 11.5 Å². The second kappa shape index (κ2) is 4.67. The van der Waals surface area contributed by atoms with E-state index in [-0.39, 0.29) is 5.92 Å². The smallest absolute Gasteiger partial charge is 0.336 e. The van der Waals surface area contributed by atoms with Crippen LogP contribution in [-0.4, -0.2) is 11.1 Å². The lowest BCUT2D eigenvalue weighted by atomic mass is 9.88. The zero-order valence-electron chi connectivity index (χ0n) is 11.5. The molecule has 3 nitrogen and oxygen atoms in total. The van der Waals surface area contributed by atoms with Crippen molar-refractivity contribution < 1.29 is 14.6 Å². The van der Waals surface area contributed by atoms with E-state index < -0.39 is 5.97 Å². The fourth-order valence-electron chi connectivity index (χ4n) is 2.71. The monoisotopic (exact) mass is 268 g/mol. The van der Waals surface area contributed by atoms with Gasteiger partial charge in [0, 0.05) is 12.0 Å². The molecule has 0 spiro atoms. The minimum atomic E-state index is -0.881. The van der Waals surface area contributed by atoms with E-state index >= 15 is 0 Å². The molecule has 0 saturated heterocycles. The summed E-state index contributed by atoms with van der Waals surface area (Å²) in [4.78, 5) is 11.7. The van der Waals surface area contributed by atoms with Crippen molar-refractivity contribution in [1.82, 2.24) is 0 Å². The molecular formula is C17H16O3. The van der Waals surface area contributed by atoms with Gasteiger partial charge in [-0.15, -0.1) is 0 Å². The lowest BCUT2D eigenvalue weighted by molar-refractivity contribution is 0.0693. The number of para-hydroxylation sites is 1. The molecule has 0 aromatic heterocycles. The minimum absolute atomic E-state index is 0.170. The Hall–Kier alpha value is -2.29. The van der Waals surface area contributed by atoms with Gasteiger partial charge in [-0.1, -0.05) is 38.1 Å². The second-order valence-corrected chi connectivity index (χ2v) is 5.35. The van der Waals surface area contributed by atoms with E-state index in [1.54, 1.807) is 0 Å². The Labute approximate surface area is 117 Å². The zero-order chi connectivity index (χ0) is 14.3. The number of hydrogen-bond donors (Lipinski definition) is 1. The van der Waals surface area contributed by atoms with E-state index in [2.05, 4.69) is 0 Å². The first kappa shape index (κ1) is 12.7. The second-order valence-electron chi connectivity index (χ2n) is 5.35. The molecule has 1 aliphatic rings. The summed E-state index contributed by atoms with van der Waals surface area (Å²) in [7, 11) is 0. The molecular weight excluding hydrogens is 252 g/mol. The molecule has 1 N–H and O–H groups in total. The number of carboxylic acid groups (broad SMARTS) is 1. The third-order valence-electron chi connectivity index (χ3n) is 3.70. The molecule has 20 heavy (non-hydrogen) atoms. The SMILES string of the molecule is CC(C)c1ccc2c(c1C(=O)O)Cc1ccccc1O2. The number of fused-ring (bicyclic) bond motifs is 2. The molecule has 0 bridgehead atoms. The highest BCUT2D eigenvalue weighted by molar-refractivity contribution is 5.92. The Morgan fingerprint density at radius 1 is 1.15 bits per heavy atom. The minimum Gasteiger partial charge on any atom is -0.478 e. The molecule has 3 rings (SSSR count). The van der Waals surface area contributed by atoms with Crippen LogP contribution in [0.3, 0.4) is 0 Å². The van der Waals surface area contributed by atoms with E-state index in [0.717, 1.165) is 22.4 Å². The van der Waals surface area contributed by atoms with Gasteiger partial charge in [0.2, 0.25) is 0 Å². The quantitative estimate of drug-likeness (QED) is 0.757. The maximum absolute atomic E-state index is 11.7. The van der Waals surface area contributed by atoms with Crippen LogP contribution in [0, 0.1) is 0 Å². The number of benzene rings is 2. The molecule has 2 aromatic carbocycles. The third-order valence-corrected chi connectivity index (χ3v) is 3.70. The van der Waals surface area contributed by atoms with Gasteiger partial charge in [-0.3, -0.25) is 0 Å². The first-order valence-corrected chi connectivity index (χ1v) is 6.72. The van der Waals surface area contributed by atoms with Crippen molar-refractivity contribution in [2.45, 2.75) is 26.2 Å². The fraction of sp³-hybridized carbons (Fsp3) is 0.235. The number of carboxylic acids is 1. The number of hydrogen-bond acceptors (Lipinski definition) is 2. The van der Waals surface area contributed by atoms with Crippen molar-refractivity contribution in [3.8, 4) is 11.5 Å². The molecule has 102 valence electrons. The van der Waals surface area contributed by atoms with Crippen LogP contribution in [0.1, 0.15) is 46.8 Å². The highest BCUT2D eigenvalue weighted by Crippen LogP contribution is 2.40. The van der Waals surface area contributed by atoms with Gasteiger partial charge in [0.25, 0.3) is 0 Å². The van der Waals surface area contributed by atoms with Gasteiger partial charge in [0.15, 0.2) is 0 Å². The van der Waals surface area contributed by atoms with Gasteiger partial charge in [-0.2, -0.15) is 0 Å². The molecule has 1 aliphatic heterocycles. The Morgan fingerprint density at radius 2 is 1.90 bits per heavy atom. The summed E-state index contributed by atoms with van der Waals surface area (Å²) in [6.07, 6.45) is 0.605. The summed E-state index contributed by atoms with van der Waals surface area (Å²) >= 11 is 0. The lowest BCUT2D eigenvalue weighted by Crippen LogP contribution is -2.13. The van der Waals surface area contributed by atoms with Crippen molar-refractivity contribution >= 4 is 5.97 Å². The topological polar surface area (TPSA) is 46.5 Å². The normalized spacial score (nSPS) is 12.6. The van der Waals surface area contributed by atoms with Gasteiger partial charge in [0.05, 0.1) is 5.56 Å². The van der Waals surface area contributed by atoms with Gasteiger partial charge >= 0.3 is 5.97 Å². The maximum Gasteiger partial charge on any atom is 0.336 e. The van der Waals surface area contributed by atoms with Crippen LogP contribution < -0.4 is 4.74 Å². The van der Waals surface area contributed by atoms with Crippen LogP contribution in [0.4, 0.5) is 0 Å². The Kier molecular flexibility index (Phi) is 2.97. The van der Waals surface area contributed by atoms with Crippen LogP contribution >= 0.6 is 0 Å². The molecule has 0 unspecified atom stereocenters. The predicted molar refractivity (Wildman–Crippen MR) is 76.8 cm³/mol. The van der Waals surface area contributed by atoms with E-state index in [1.165, 1.54) is 0 Å². The molecule has 3 heteroatoms. The van der Waals surface area contributed by atoms with Gasteiger partial charge < -0.3 is 9.84 Å². The maximum atomic E-state index is 11.7. The van der Waals surface area contributed by atoms with Crippen molar-refractivity contribution in [3.63, 3.8) is 0 Å². The molecule has 0 atom stereocenters. The lowest BCUT2D eigenvalue weighted by Gasteiger charge is -2.23. The van der Waals surface area contributed by atoms with Gasteiger partial charge in [0.1, 0.15) is 11.5 Å². The number of ether oxygens (including phenoxy) is 1. The molecule has 1 heterocycles. The van der Waals surface area contributed by atoms with E-state index in [1.807, 2.05) is 50.2 Å². The van der Waals surface area contributed by atoms with Crippen molar-refractivity contribution in [2.24, 2.45) is 0 Å². The average molecular weight is 268 g/mol. The number of aromatic carboxylic acids is 1. The predicted octanol–water partition coefficient (Wildman–Crippen LogP) is 4.20. The third kappa shape index (κ3) is 1.95. The number of carbonyl (C=O) groups is 1. The van der Waals surface area contributed by atoms with E-state index in [4.69, 9.17) is 4.74 Å². The van der Waals surface area contributed by atoms with E-state index in [0.29, 0.717) is 17.7 Å². The standard InChI is InChI=1S/C17H16O3/c1-10(2)12-7-8-15-13(16(12)17(18)19)9-11-5-3-4-6-14(11)20-15/h3-8,10H,9H2,1-2H3,(H,18,19). The van der Waals surface area contributed by atoms with Crippen LogP contribution in [0.15, 0.2) is 36.4 Å². The zero-order valence-corrected chi connectivity index (χ0v) is 11.5. The largest absolute Gasteiger partial charge is 0.478 e. The summed E-state index contributed by atoms with van der Waals surface area (Å²) in [6, 6.07) is 11.5. The van der Waals surface area contributed by atoms with Crippen LogP contribution in [0.25, 0.3) is 0 Å². The average Bonchev–Trinajstić information content (AvgIpc) is 2.43. The molecule has 0 saturated carbocycles. The molecule has 0 aliphatic carbocycles. The molecule has 0 amide bonds. The Bertz CT molecular complexity index is 687. The van der Waals surface area contributed by atoms with Crippen LogP contribution in [-0.2, 0) is 6.42 Å². The van der Waals surface area contributed by atoms with Gasteiger partial charge in [-0.25, -0.2) is 4.79 Å². The molecule has 0 radical (unpaired) electrons. The summed E-state index contributed by atoms with van der Waals surface area (Å²) in [5.74, 6) is 0.760. The van der Waals surface area contributed by atoms with Crippen molar-refractivity contribution in [1.29, 1.82) is 0 Å². The number of rotatable bonds is 2. The highest BCUT2D eigenvalue weighted by Gasteiger charge is 2.25. The first-order valence-electron chi connectivity index (χ1n) is 6.72. The summed E-state index contributed by atoms with van der Waals surface area (Å²) in [5, 5.41) is 9.56. The molecule has 2 aromatic rings. The Balaban J connectivity index is 2.19.